The van der Waals surface area contributed by atoms with E-state index in [2.05, 4.69) is 0 Å². The highest BCUT2D eigenvalue weighted by atomic mass is 19.2. The standard InChI is InChI=1S/C16H20F2O/c17-15-3-1-2-12(16(15)18)8-14(19)9-13-7-10-4-5-11(13)6-10/h1-3,10-11,13-14,19H,4-9H2. The van der Waals surface area contributed by atoms with E-state index in [1.807, 2.05) is 0 Å². The minimum atomic E-state index is -0.829. The molecule has 1 aromatic carbocycles. The van der Waals surface area contributed by atoms with Crippen LogP contribution in [0.2, 0.25) is 0 Å². The number of halogens is 2. The van der Waals surface area contributed by atoms with Crippen molar-refractivity contribution >= 4 is 0 Å². The summed E-state index contributed by atoms with van der Waals surface area (Å²) in [5.41, 5.74) is 0.288. The highest BCUT2D eigenvalue weighted by molar-refractivity contribution is 5.19. The molecule has 0 saturated heterocycles. The van der Waals surface area contributed by atoms with Crippen LogP contribution < -0.4 is 0 Å². The average molecular weight is 266 g/mol. The zero-order valence-corrected chi connectivity index (χ0v) is 11.0. The smallest absolute Gasteiger partial charge is 0.162 e. The molecule has 0 aromatic heterocycles. The van der Waals surface area contributed by atoms with Crippen molar-refractivity contribution < 1.29 is 13.9 Å². The van der Waals surface area contributed by atoms with E-state index >= 15 is 0 Å². The molecule has 2 fully saturated rings. The number of aliphatic hydroxyl groups is 1. The molecule has 0 aliphatic heterocycles. The lowest BCUT2D eigenvalue weighted by Gasteiger charge is -2.24. The van der Waals surface area contributed by atoms with Crippen LogP contribution in [0.5, 0.6) is 0 Å². The fraction of sp³-hybridized carbons (Fsp3) is 0.625. The van der Waals surface area contributed by atoms with Gasteiger partial charge in [0.25, 0.3) is 0 Å². The van der Waals surface area contributed by atoms with Gasteiger partial charge in [0, 0.05) is 6.42 Å². The van der Waals surface area contributed by atoms with Gasteiger partial charge in [-0.1, -0.05) is 18.6 Å². The Labute approximate surface area is 112 Å². The van der Waals surface area contributed by atoms with Crippen LogP contribution in [-0.4, -0.2) is 11.2 Å². The summed E-state index contributed by atoms with van der Waals surface area (Å²) in [5, 5.41) is 10.1. The van der Waals surface area contributed by atoms with E-state index in [4.69, 9.17) is 0 Å². The van der Waals surface area contributed by atoms with Gasteiger partial charge in [0.15, 0.2) is 11.6 Å². The number of fused-ring (bicyclic) bond motifs is 2. The third-order valence-electron chi connectivity index (χ3n) is 4.95. The second kappa shape index (κ2) is 5.20. The Kier molecular flexibility index (Phi) is 3.57. The molecule has 3 heteroatoms. The maximum atomic E-state index is 13.5. The van der Waals surface area contributed by atoms with Crippen LogP contribution in [0.3, 0.4) is 0 Å². The van der Waals surface area contributed by atoms with Crippen LogP contribution in [0.25, 0.3) is 0 Å². The van der Waals surface area contributed by atoms with E-state index in [1.54, 1.807) is 6.07 Å². The summed E-state index contributed by atoms with van der Waals surface area (Å²) in [7, 11) is 0. The predicted molar refractivity (Wildman–Crippen MR) is 69.6 cm³/mol. The average Bonchev–Trinajstić information content (AvgIpc) is 2.97. The largest absolute Gasteiger partial charge is 0.393 e. The van der Waals surface area contributed by atoms with Gasteiger partial charge >= 0.3 is 0 Å². The molecule has 2 aliphatic carbocycles. The maximum Gasteiger partial charge on any atom is 0.162 e. The second-order valence-corrected chi connectivity index (χ2v) is 6.24. The van der Waals surface area contributed by atoms with Gasteiger partial charge in [0.1, 0.15) is 0 Å². The third kappa shape index (κ3) is 2.66. The van der Waals surface area contributed by atoms with Gasteiger partial charge in [0.05, 0.1) is 6.10 Å². The summed E-state index contributed by atoms with van der Waals surface area (Å²) >= 11 is 0. The van der Waals surface area contributed by atoms with Crippen LogP contribution in [0.15, 0.2) is 18.2 Å². The van der Waals surface area contributed by atoms with E-state index in [-0.39, 0.29) is 12.0 Å². The number of hydrogen-bond donors (Lipinski definition) is 1. The minimum absolute atomic E-state index is 0.220. The molecule has 0 radical (unpaired) electrons. The molecule has 1 aromatic rings. The first-order valence-corrected chi connectivity index (χ1v) is 7.24. The Hall–Kier alpha value is -0.960. The van der Waals surface area contributed by atoms with Crippen molar-refractivity contribution in [2.24, 2.45) is 17.8 Å². The normalized spacial score (nSPS) is 30.8. The number of benzene rings is 1. The highest BCUT2D eigenvalue weighted by Crippen LogP contribution is 2.49. The van der Waals surface area contributed by atoms with Crippen molar-refractivity contribution in [3.8, 4) is 0 Å². The zero-order valence-electron chi connectivity index (χ0n) is 11.0. The second-order valence-electron chi connectivity index (χ2n) is 6.24. The molecule has 0 heterocycles. The molecule has 1 nitrogen and oxygen atoms in total. The lowest BCUT2D eigenvalue weighted by atomic mass is 9.84. The minimum Gasteiger partial charge on any atom is -0.393 e. The van der Waals surface area contributed by atoms with Gasteiger partial charge < -0.3 is 5.11 Å². The van der Waals surface area contributed by atoms with Crippen molar-refractivity contribution in [3.05, 3.63) is 35.4 Å². The van der Waals surface area contributed by atoms with Gasteiger partial charge in [-0.05, 0) is 55.1 Å². The quantitative estimate of drug-likeness (QED) is 0.881. The van der Waals surface area contributed by atoms with Crippen molar-refractivity contribution in [2.75, 3.05) is 0 Å². The first kappa shape index (κ1) is 13.0. The predicted octanol–water partition coefficient (Wildman–Crippen LogP) is 3.69. The monoisotopic (exact) mass is 266 g/mol. The maximum absolute atomic E-state index is 13.5. The summed E-state index contributed by atoms with van der Waals surface area (Å²) in [6, 6.07) is 4.17. The van der Waals surface area contributed by atoms with E-state index in [0.29, 0.717) is 5.92 Å². The molecule has 2 bridgehead atoms. The Morgan fingerprint density at radius 2 is 2.05 bits per heavy atom. The Balaban J connectivity index is 1.59. The van der Waals surface area contributed by atoms with Gasteiger partial charge in [-0.15, -0.1) is 0 Å². The molecule has 0 amide bonds. The Morgan fingerprint density at radius 3 is 2.74 bits per heavy atom. The topological polar surface area (TPSA) is 20.2 Å². The summed E-state index contributed by atoms with van der Waals surface area (Å²) in [6.45, 7) is 0. The van der Waals surface area contributed by atoms with Gasteiger partial charge in [-0.25, -0.2) is 8.78 Å². The van der Waals surface area contributed by atoms with E-state index in [9.17, 15) is 13.9 Å². The molecular weight excluding hydrogens is 246 g/mol. The summed E-state index contributed by atoms with van der Waals surface area (Å²) in [5.74, 6) is 0.564. The number of rotatable bonds is 4. The van der Waals surface area contributed by atoms with Crippen molar-refractivity contribution in [2.45, 2.75) is 44.6 Å². The van der Waals surface area contributed by atoms with Crippen LogP contribution >= 0.6 is 0 Å². The zero-order chi connectivity index (χ0) is 13.4. The van der Waals surface area contributed by atoms with Crippen LogP contribution in [0.1, 0.15) is 37.7 Å². The molecule has 3 rings (SSSR count). The van der Waals surface area contributed by atoms with Crippen LogP contribution in [-0.2, 0) is 6.42 Å². The molecule has 1 N–H and O–H groups in total. The number of hydrogen-bond acceptors (Lipinski definition) is 1. The Bertz CT molecular complexity index is 460. The lowest BCUT2D eigenvalue weighted by molar-refractivity contribution is 0.123. The van der Waals surface area contributed by atoms with Crippen molar-refractivity contribution in [3.63, 3.8) is 0 Å². The highest BCUT2D eigenvalue weighted by Gasteiger charge is 2.39. The van der Waals surface area contributed by atoms with E-state index < -0.39 is 17.7 Å². The summed E-state index contributed by atoms with van der Waals surface area (Å²) < 4.78 is 26.6. The Morgan fingerprint density at radius 1 is 1.21 bits per heavy atom. The first-order chi connectivity index (χ1) is 9.13. The fourth-order valence-corrected chi connectivity index (χ4v) is 4.06. The van der Waals surface area contributed by atoms with Gasteiger partial charge in [-0.3, -0.25) is 0 Å². The van der Waals surface area contributed by atoms with Crippen molar-refractivity contribution in [1.82, 2.24) is 0 Å². The molecule has 0 spiro atoms. The fourth-order valence-electron chi connectivity index (χ4n) is 4.06. The summed E-state index contributed by atoms with van der Waals surface area (Å²) in [6.07, 6.45) is 5.56. The molecule has 104 valence electrons. The lowest BCUT2D eigenvalue weighted by Crippen LogP contribution is -2.20. The van der Waals surface area contributed by atoms with E-state index in [1.165, 1.54) is 31.7 Å². The van der Waals surface area contributed by atoms with Gasteiger partial charge in [-0.2, -0.15) is 0 Å². The van der Waals surface area contributed by atoms with E-state index in [0.717, 1.165) is 24.3 Å². The van der Waals surface area contributed by atoms with Crippen molar-refractivity contribution in [1.29, 1.82) is 0 Å². The molecule has 4 atom stereocenters. The van der Waals surface area contributed by atoms with Crippen LogP contribution in [0.4, 0.5) is 8.78 Å². The first-order valence-electron chi connectivity index (χ1n) is 7.24. The summed E-state index contributed by atoms with van der Waals surface area (Å²) in [4.78, 5) is 0. The molecular formula is C16H20F2O. The number of aliphatic hydroxyl groups excluding tert-OH is 1. The SMILES string of the molecule is OC(Cc1cccc(F)c1F)CC1CC2CCC1C2. The van der Waals surface area contributed by atoms with Gasteiger partial charge in [0.2, 0.25) is 0 Å². The third-order valence-corrected chi connectivity index (χ3v) is 4.95. The molecule has 4 unspecified atom stereocenters. The van der Waals surface area contributed by atoms with Crippen LogP contribution in [0, 0.1) is 29.4 Å². The molecule has 2 aliphatic rings. The molecule has 19 heavy (non-hydrogen) atoms. The molecule has 2 saturated carbocycles.